The van der Waals surface area contributed by atoms with E-state index in [2.05, 4.69) is 21.9 Å². The number of amides is 1. The van der Waals surface area contributed by atoms with Crippen LogP contribution in [0.1, 0.15) is 33.8 Å². The molecule has 0 aliphatic carbocycles. The number of aliphatic hydroxyl groups is 3. The fraction of sp³-hybridized carbons (Fsp3) is 0.353. The number of aromatic nitrogens is 3. The Hall–Kier alpha value is -2.98. The van der Waals surface area contributed by atoms with Crippen LogP contribution in [0.5, 0.6) is 0 Å². The summed E-state index contributed by atoms with van der Waals surface area (Å²) in [6, 6.07) is 4.62. The lowest BCUT2D eigenvalue weighted by Gasteiger charge is -2.15. The number of hydrogen-bond donors (Lipinski definition) is 4. The Morgan fingerprint density at radius 2 is 1.93 bits per heavy atom. The molecule has 1 aromatic heterocycles. The summed E-state index contributed by atoms with van der Waals surface area (Å²) in [7, 11) is 0. The highest BCUT2D eigenvalue weighted by molar-refractivity contribution is 5.89. The molecule has 0 spiro atoms. The van der Waals surface area contributed by atoms with E-state index in [1.165, 1.54) is 12.1 Å². The minimum absolute atomic E-state index is 0.329. The van der Waals surface area contributed by atoms with Crippen LogP contribution in [0.3, 0.4) is 0 Å². The van der Waals surface area contributed by atoms with Crippen molar-refractivity contribution in [3.63, 3.8) is 0 Å². The number of rotatable bonds is 3. The molecular formula is C17H15F3N4O5. The van der Waals surface area contributed by atoms with Crippen molar-refractivity contribution < 1.29 is 38.0 Å². The molecule has 2 heterocycles. The molecule has 2 aromatic rings. The highest BCUT2D eigenvalue weighted by Crippen LogP contribution is 2.32. The lowest BCUT2D eigenvalue weighted by atomic mass is 10.1. The first-order valence-electron chi connectivity index (χ1n) is 8.20. The van der Waals surface area contributed by atoms with E-state index in [4.69, 9.17) is 15.6 Å². The van der Waals surface area contributed by atoms with Crippen LogP contribution in [0.4, 0.5) is 13.2 Å². The van der Waals surface area contributed by atoms with Gasteiger partial charge in [-0.3, -0.25) is 4.79 Å². The topological polar surface area (TPSA) is 144 Å². The summed E-state index contributed by atoms with van der Waals surface area (Å²) < 4.78 is 45.2. The monoisotopic (exact) mass is 412 g/mol. The average Bonchev–Trinajstić information content (AvgIpc) is 3.21. The van der Waals surface area contributed by atoms with E-state index in [1.807, 2.05) is 0 Å². The quantitative estimate of drug-likeness (QED) is 0.493. The van der Waals surface area contributed by atoms with E-state index < -0.39 is 54.6 Å². The molecule has 1 aliphatic heterocycles. The van der Waals surface area contributed by atoms with E-state index in [1.54, 1.807) is 0 Å². The van der Waals surface area contributed by atoms with Gasteiger partial charge >= 0.3 is 6.18 Å². The molecular weight excluding hydrogens is 397 g/mol. The molecule has 5 N–H and O–H groups in total. The van der Waals surface area contributed by atoms with Gasteiger partial charge in [0.05, 0.1) is 12.2 Å². The first-order valence-corrected chi connectivity index (χ1v) is 8.20. The Kier molecular flexibility index (Phi) is 5.58. The van der Waals surface area contributed by atoms with Crippen LogP contribution >= 0.6 is 0 Å². The van der Waals surface area contributed by atoms with Crippen molar-refractivity contribution in [1.29, 1.82) is 0 Å². The molecule has 29 heavy (non-hydrogen) atoms. The van der Waals surface area contributed by atoms with Crippen LogP contribution in [-0.4, -0.2) is 60.9 Å². The Morgan fingerprint density at radius 1 is 1.24 bits per heavy atom. The zero-order chi connectivity index (χ0) is 21.3. The van der Waals surface area contributed by atoms with Crippen molar-refractivity contribution in [1.82, 2.24) is 14.8 Å². The van der Waals surface area contributed by atoms with Crippen molar-refractivity contribution in [3.8, 4) is 11.8 Å². The van der Waals surface area contributed by atoms with Crippen LogP contribution in [-0.2, 0) is 10.9 Å². The summed E-state index contributed by atoms with van der Waals surface area (Å²) in [5, 5.41) is 32.9. The molecule has 1 fully saturated rings. The number of ether oxygens (including phenoxy) is 1. The lowest BCUT2D eigenvalue weighted by molar-refractivity contribution is -0.137. The minimum Gasteiger partial charge on any atom is -0.394 e. The van der Waals surface area contributed by atoms with Crippen LogP contribution in [0.2, 0.25) is 0 Å². The van der Waals surface area contributed by atoms with E-state index >= 15 is 0 Å². The van der Waals surface area contributed by atoms with Gasteiger partial charge in [-0.15, -0.1) is 5.10 Å². The number of carbonyl (C=O) groups is 1. The number of aliphatic hydroxyl groups excluding tert-OH is 3. The maximum absolute atomic E-state index is 13.0. The fourth-order valence-corrected chi connectivity index (χ4v) is 2.77. The van der Waals surface area contributed by atoms with E-state index in [-0.39, 0.29) is 11.4 Å². The molecule has 154 valence electrons. The second-order valence-electron chi connectivity index (χ2n) is 6.09. The predicted octanol–water partition coefficient (Wildman–Crippen LogP) is -0.593. The Morgan fingerprint density at radius 3 is 2.52 bits per heavy atom. The van der Waals surface area contributed by atoms with Crippen molar-refractivity contribution in [3.05, 3.63) is 47.0 Å². The van der Waals surface area contributed by atoms with Crippen LogP contribution < -0.4 is 5.73 Å². The highest BCUT2D eigenvalue weighted by atomic mass is 19.4. The van der Waals surface area contributed by atoms with Gasteiger partial charge in [0.15, 0.2) is 6.23 Å². The van der Waals surface area contributed by atoms with Gasteiger partial charge < -0.3 is 25.8 Å². The zero-order valence-electron chi connectivity index (χ0n) is 14.5. The van der Waals surface area contributed by atoms with Gasteiger partial charge in [0, 0.05) is 5.56 Å². The molecule has 1 amide bonds. The summed E-state index contributed by atoms with van der Waals surface area (Å²) in [5.74, 6) is 2.69. The summed E-state index contributed by atoms with van der Waals surface area (Å²) >= 11 is 0. The average molecular weight is 412 g/mol. The standard InChI is InChI=1S/C17H15F3N4O5/c18-17(19,20)9-4-2-1-3-8(9)5-6-11-22-15(14(21)28)24(23-11)16-13(27)12(26)10(7-25)29-16/h1-4,10,12-13,16,25-27H,7H2,(H2,21,28)/t10-,12-,13-,16-/m1/s1. The molecule has 12 heteroatoms. The Labute approximate surface area is 161 Å². The molecule has 4 atom stereocenters. The van der Waals surface area contributed by atoms with Crippen molar-refractivity contribution >= 4 is 5.91 Å². The number of nitrogens with zero attached hydrogens (tertiary/aromatic N) is 3. The van der Waals surface area contributed by atoms with Gasteiger partial charge in [-0.1, -0.05) is 18.1 Å². The number of primary amides is 1. The molecule has 0 unspecified atom stereocenters. The van der Waals surface area contributed by atoms with E-state index in [0.717, 1.165) is 16.8 Å². The molecule has 1 aromatic carbocycles. The Bertz CT molecular complexity index is 981. The maximum Gasteiger partial charge on any atom is 0.417 e. The van der Waals surface area contributed by atoms with Gasteiger partial charge in [0.2, 0.25) is 11.6 Å². The van der Waals surface area contributed by atoms with Gasteiger partial charge in [0.1, 0.15) is 18.3 Å². The minimum atomic E-state index is -4.62. The number of carbonyl (C=O) groups excluding carboxylic acids is 1. The van der Waals surface area contributed by atoms with Gasteiger partial charge in [-0.2, -0.15) is 18.2 Å². The smallest absolute Gasteiger partial charge is 0.394 e. The van der Waals surface area contributed by atoms with Gasteiger partial charge in [-0.25, -0.2) is 4.68 Å². The van der Waals surface area contributed by atoms with Crippen molar-refractivity contribution in [2.45, 2.75) is 30.7 Å². The first kappa shape index (κ1) is 20.7. The molecule has 9 nitrogen and oxygen atoms in total. The second kappa shape index (κ2) is 7.80. The number of hydrogen-bond acceptors (Lipinski definition) is 7. The first-order chi connectivity index (χ1) is 13.6. The van der Waals surface area contributed by atoms with Crippen LogP contribution in [0.15, 0.2) is 24.3 Å². The van der Waals surface area contributed by atoms with Crippen molar-refractivity contribution in [2.75, 3.05) is 6.61 Å². The predicted molar refractivity (Wildman–Crippen MR) is 89.0 cm³/mol. The molecule has 0 bridgehead atoms. The third kappa shape index (κ3) is 4.08. The second-order valence-corrected chi connectivity index (χ2v) is 6.09. The summed E-state index contributed by atoms with van der Waals surface area (Å²) in [4.78, 5) is 15.4. The SMILES string of the molecule is NC(=O)c1nc(C#Cc2ccccc2C(F)(F)F)nn1[C@@H]1O[C@H](CO)[C@@H](O)[C@H]1O. The lowest BCUT2D eigenvalue weighted by Crippen LogP contribution is -2.34. The van der Waals surface area contributed by atoms with Crippen LogP contribution in [0, 0.1) is 11.8 Å². The molecule has 0 saturated carbocycles. The number of nitrogens with two attached hydrogens (primary N) is 1. The molecule has 1 aliphatic rings. The summed E-state index contributed by atoms with van der Waals surface area (Å²) in [6.45, 7) is -0.615. The van der Waals surface area contributed by atoms with Crippen LogP contribution in [0.25, 0.3) is 0 Å². The molecule has 3 rings (SSSR count). The van der Waals surface area contributed by atoms with Crippen molar-refractivity contribution in [2.24, 2.45) is 5.73 Å². The number of alkyl halides is 3. The fourth-order valence-electron chi connectivity index (χ4n) is 2.77. The summed E-state index contributed by atoms with van der Waals surface area (Å²) in [5.41, 5.74) is 3.94. The zero-order valence-corrected chi connectivity index (χ0v) is 14.5. The number of halogens is 3. The molecule has 0 radical (unpaired) electrons. The Balaban J connectivity index is 1.98. The van der Waals surface area contributed by atoms with E-state index in [0.29, 0.717) is 0 Å². The van der Waals surface area contributed by atoms with E-state index in [9.17, 15) is 28.2 Å². The van der Waals surface area contributed by atoms with Gasteiger partial charge in [-0.05, 0) is 18.1 Å². The summed E-state index contributed by atoms with van der Waals surface area (Å²) in [6.07, 6.45) is -10.2. The maximum atomic E-state index is 13.0. The third-order valence-corrected chi connectivity index (χ3v) is 4.15. The number of benzene rings is 1. The highest BCUT2D eigenvalue weighted by Gasteiger charge is 2.45. The normalized spacial score (nSPS) is 24.2. The van der Waals surface area contributed by atoms with Gasteiger partial charge in [0.25, 0.3) is 5.91 Å². The largest absolute Gasteiger partial charge is 0.417 e. The third-order valence-electron chi connectivity index (χ3n) is 4.15. The molecule has 1 saturated heterocycles.